The molecular weight excluding hydrogens is 380 g/mol. The molecule has 0 fully saturated rings. The number of rotatable bonds is 4. The first kappa shape index (κ1) is 17.7. The molecule has 0 unspecified atom stereocenters. The van der Waals surface area contributed by atoms with Gasteiger partial charge in [0.25, 0.3) is 11.6 Å². The lowest BCUT2D eigenvalue weighted by Crippen LogP contribution is -2.14. The van der Waals surface area contributed by atoms with E-state index in [9.17, 15) is 14.9 Å². The number of fused-ring (bicyclic) bond motifs is 1. The minimum atomic E-state index is -0.468. The quantitative estimate of drug-likeness (QED) is 0.417. The zero-order valence-corrected chi connectivity index (χ0v) is 15.7. The second-order valence-electron chi connectivity index (χ2n) is 6.10. The van der Waals surface area contributed by atoms with E-state index in [2.05, 4.69) is 20.6 Å². The number of nitro benzene ring substituents is 1. The minimum absolute atomic E-state index is 0.0222. The summed E-state index contributed by atoms with van der Waals surface area (Å²) in [7, 11) is 0. The lowest BCUT2D eigenvalue weighted by atomic mass is 10.2. The van der Waals surface area contributed by atoms with E-state index < -0.39 is 10.8 Å². The van der Waals surface area contributed by atoms with Crippen LogP contribution in [0.5, 0.6) is 0 Å². The van der Waals surface area contributed by atoms with Crippen molar-refractivity contribution in [1.82, 2.24) is 20.0 Å². The molecule has 2 aromatic heterocycles. The molecule has 0 atom stereocenters. The highest BCUT2D eigenvalue weighted by atomic mass is 32.1. The van der Waals surface area contributed by atoms with E-state index in [1.807, 2.05) is 31.2 Å². The number of aryl methyl sites for hydroxylation is 1. The molecule has 1 amide bonds. The predicted molar refractivity (Wildman–Crippen MR) is 105 cm³/mol. The summed E-state index contributed by atoms with van der Waals surface area (Å²) in [5.41, 5.74) is 3.20. The van der Waals surface area contributed by atoms with Gasteiger partial charge in [-0.25, -0.2) is 9.67 Å². The molecule has 0 spiro atoms. The highest BCUT2D eigenvalue weighted by Crippen LogP contribution is 2.29. The molecule has 0 aliphatic carbocycles. The Kier molecular flexibility index (Phi) is 4.32. The van der Waals surface area contributed by atoms with Crippen LogP contribution < -0.4 is 5.32 Å². The Labute approximate surface area is 162 Å². The molecule has 2 aromatic carbocycles. The fourth-order valence-electron chi connectivity index (χ4n) is 2.81. The number of non-ortho nitro benzene ring substituents is 1. The van der Waals surface area contributed by atoms with Crippen LogP contribution in [-0.2, 0) is 0 Å². The van der Waals surface area contributed by atoms with Gasteiger partial charge >= 0.3 is 0 Å². The van der Waals surface area contributed by atoms with Gasteiger partial charge in [0.1, 0.15) is 0 Å². The van der Waals surface area contributed by atoms with E-state index in [-0.39, 0.29) is 11.4 Å². The summed E-state index contributed by atoms with van der Waals surface area (Å²) in [6.07, 6.45) is 0. The van der Waals surface area contributed by atoms with Gasteiger partial charge in [-0.05, 0) is 31.5 Å². The average Bonchev–Trinajstić information content (AvgIpc) is 3.24. The van der Waals surface area contributed by atoms with Crippen molar-refractivity contribution >= 4 is 38.3 Å². The van der Waals surface area contributed by atoms with Crippen LogP contribution in [0.4, 0.5) is 10.8 Å². The number of carbonyl (C=O) groups is 1. The number of amides is 1. The molecule has 0 saturated carbocycles. The number of aromatic nitrogens is 4. The normalized spacial score (nSPS) is 10.9. The van der Waals surface area contributed by atoms with Crippen LogP contribution >= 0.6 is 11.3 Å². The fourth-order valence-corrected chi connectivity index (χ4v) is 3.70. The molecule has 0 radical (unpaired) electrons. The summed E-state index contributed by atoms with van der Waals surface area (Å²) in [5.74, 6) is -0.439. The summed E-state index contributed by atoms with van der Waals surface area (Å²) in [5, 5.41) is 22.0. The highest BCUT2D eigenvalue weighted by Gasteiger charge is 2.20. The molecule has 0 bridgehead atoms. The Balaban J connectivity index is 1.62. The number of hydrogen-bond acceptors (Lipinski definition) is 7. The fraction of sp³-hybridized carbons (Fsp3) is 0.111. The number of anilines is 1. The van der Waals surface area contributed by atoms with Crippen molar-refractivity contribution < 1.29 is 9.72 Å². The third-order valence-electron chi connectivity index (χ3n) is 4.26. The minimum Gasteiger partial charge on any atom is -0.296 e. The molecule has 0 aliphatic rings. The maximum Gasteiger partial charge on any atom is 0.279 e. The van der Waals surface area contributed by atoms with Gasteiger partial charge in [0.2, 0.25) is 0 Å². The van der Waals surface area contributed by atoms with Crippen molar-refractivity contribution in [2.75, 3.05) is 5.32 Å². The van der Waals surface area contributed by atoms with E-state index in [1.165, 1.54) is 12.1 Å². The first-order valence-electron chi connectivity index (χ1n) is 8.28. The number of carbonyl (C=O) groups excluding carboxylic acids is 1. The Morgan fingerprint density at radius 3 is 2.75 bits per heavy atom. The molecule has 10 heteroatoms. The third kappa shape index (κ3) is 3.09. The summed E-state index contributed by atoms with van der Waals surface area (Å²) >= 11 is 1.16. The second-order valence-corrected chi connectivity index (χ2v) is 7.13. The third-order valence-corrected chi connectivity index (χ3v) is 5.19. The van der Waals surface area contributed by atoms with Crippen molar-refractivity contribution in [3.05, 3.63) is 69.5 Å². The van der Waals surface area contributed by atoms with E-state index in [0.29, 0.717) is 21.0 Å². The zero-order chi connectivity index (χ0) is 19.8. The molecule has 140 valence electrons. The van der Waals surface area contributed by atoms with Gasteiger partial charge in [0, 0.05) is 12.1 Å². The smallest absolute Gasteiger partial charge is 0.279 e. The summed E-state index contributed by atoms with van der Waals surface area (Å²) in [4.78, 5) is 27.4. The number of nitrogens with zero attached hydrogens (tertiary/aromatic N) is 5. The lowest BCUT2D eigenvalue weighted by molar-refractivity contribution is -0.384. The first-order chi connectivity index (χ1) is 13.4. The predicted octanol–water partition coefficient (Wildman–Crippen LogP) is 3.65. The molecule has 0 saturated heterocycles. The van der Waals surface area contributed by atoms with Crippen LogP contribution in [-0.4, -0.2) is 30.8 Å². The van der Waals surface area contributed by atoms with Crippen LogP contribution in [0.25, 0.3) is 15.9 Å². The van der Waals surface area contributed by atoms with Gasteiger partial charge in [-0.15, -0.1) is 5.10 Å². The topological polar surface area (TPSA) is 116 Å². The standard InChI is InChI=1S/C18H14N6O3S/c1-10-5-3-4-6-14(10)23-11(2)16(21-22-23)17(25)20-18-19-13-8-7-12(24(26)27)9-15(13)28-18/h3-9H,1-2H3,(H,19,20,25). The highest BCUT2D eigenvalue weighted by molar-refractivity contribution is 7.22. The molecule has 2 heterocycles. The van der Waals surface area contributed by atoms with Crippen molar-refractivity contribution in [3.8, 4) is 5.69 Å². The van der Waals surface area contributed by atoms with Gasteiger partial charge < -0.3 is 0 Å². The number of nitro groups is 1. The van der Waals surface area contributed by atoms with Gasteiger partial charge in [0.05, 0.1) is 26.5 Å². The maximum absolute atomic E-state index is 12.6. The summed E-state index contributed by atoms with van der Waals surface area (Å²) < 4.78 is 2.23. The summed E-state index contributed by atoms with van der Waals surface area (Å²) in [6.45, 7) is 3.72. The number of thiazole rings is 1. The Hall–Kier alpha value is -3.66. The van der Waals surface area contributed by atoms with E-state index in [4.69, 9.17) is 0 Å². The molecule has 1 N–H and O–H groups in total. The van der Waals surface area contributed by atoms with Gasteiger partial charge in [-0.1, -0.05) is 34.7 Å². The number of nitrogens with one attached hydrogen (secondary N) is 1. The molecule has 0 aliphatic heterocycles. The maximum atomic E-state index is 12.6. The van der Waals surface area contributed by atoms with Gasteiger partial charge in [-0.2, -0.15) is 0 Å². The second kappa shape index (κ2) is 6.82. The Morgan fingerprint density at radius 1 is 1.21 bits per heavy atom. The lowest BCUT2D eigenvalue weighted by Gasteiger charge is -2.06. The van der Waals surface area contributed by atoms with Crippen LogP contribution in [0.15, 0.2) is 42.5 Å². The van der Waals surface area contributed by atoms with Crippen LogP contribution in [0.1, 0.15) is 21.7 Å². The Morgan fingerprint density at radius 2 is 2.00 bits per heavy atom. The average molecular weight is 394 g/mol. The van der Waals surface area contributed by atoms with Crippen LogP contribution in [0.2, 0.25) is 0 Å². The van der Waals surface area contributed by atoms with Crippen molar-refractivity contribution in [1.29, 1.82) is 0 Å². The van der Waals surface area contributed by atoms with E-state index in [1.54, 1.807) is 17.7 Å². The first-order valence-corrected chi connectivity index (χ1v) is 9.10. The van der Waals surface area contributed by atoms with Crippen molar-refractivity contribution in [3.63, 3.8) is 0 Å². The number of benzene rings is 2. The largest absolute Gasteiger partial charge is 0.296 e. The van der Waals surface area contributed by atoms with Crippen molar-refractivity contribution in [2.45, 2.75) is 13.8 Å². The summed E-state index contributed by atoms with van der Waals surface area (Å²) in [6, 6.07) is 12.0. The SMILES string of the molecule is Cc1ccccc1-n1nnc(C(=O)Nc2nc3ccc([N+](=O)[O-])cc3s2)c1C. The van der Waals surface area contributed by atoms with Crippen LogP contribution in [0, 0.1) is 24.0 Å². The Bertz CT molecular complexity index is 1230. The zero-order valence-electron chi connectivity index (χ0n) is 14.9. The molecule has 9 nitrogen and oxygen atoms in total. The van der Waals surface area contributed by atoms with E-state index in [0.717, 1.165) is 22.6 Å². The monoisotopic (exact) mass is 394 g/mol. The van der Waals surface area contributed by atoms with Crippen molar-refractivity contribution in [2.24, 2.45) is 0 Å². The van der Waals surface area contributed by atoms with Gasteiger partial charge in [-0.3, -0.25) is 20.2 Å². The molecule has 4 aromatic rings. The van der Waals surface area contributed by atoms with Gasteiger partial charge in [0.15, 0.2) is 10.8 Å². The molecular formula is C18H14N6O3S. The van der Waals surface area contributed by atoms with E-state index >= 15 is 0 Å². The molecule has 28 heavy (non-hydrogen) atoms. The van der Waals surface area contributed by atoms with Crippen LogP contribution in [0.3, 0.4) is 0 Å². The number of para-hydroxylation sites is 1. The molecule has 4 rings (SSSR count). The number of hydrogen-bond donors (Lipinski definition) is 1.